The van der Waals surface area contributed by atoms with Crippen LogP contribution in [-0.4, -0.2) is 21.0 Å². The molecule has 0 saturated heterocycles. The Hall–Kier alpha value is -1.68. The second-order valence-electron chi connectivity index (χ2n) is 5.68. The highest BCUT2D eigenvalue weighted by molar-refractivity contribution is 5.28. The van der Waals surface area contributed by atoms with Crippen LogP contribution in [0.4, 0.5) is 0 Å². The molecule has 0 bridgehead atoms. The largest absolute Gasteiger partial charge is 0.308 e. The number of nitrogens with zero attached hydrogens (tertiary/aromatic N) is 3. The summed E-state index contributed by atoms with van der Waals surface area (Å²) in [6, 6.07) is 10.6. The summed E-state index contributed by atoms with van der Waals surface area (Å²) in [4.78, 5) is 1.69. The van der Waals surface area contributed by atoms with E-state index in [4.69, 9.17) is 0 Å². The molecule has 4 heteroatoms. The van der Waals surface area contributed by atoms with Gasteiger partial charge in [-0.15, -0.1) is 0 Å². The molecule has 1 saturated carbocycles. The predicted octanol–water partition coefficient (Wildman–Crippen LogP) is 2.94. The number of hydrogen-bond acceptors (Lipinski definition) is 3. The minimum Gasteiger partial charge on any atom is -0.308 e. The van der Waals surface area contributed by atoms with Gasteiger partial charge in [0.2, 0.25) is 0 Å². The van der Waals surface area contributed by atoms with Crippen LogP contribution in [0.25, 0.3) is 5.69 Å². The Bertz CT molecular complexity index is 528. The van der Waals surface area contributed by atoms with Crippen LogP contribution in [0.5, 0.6) is 0 Å². The van der Waals surface area contributed by atoms with Gasteiger partial charge in [0.15, 0.2) is 0 Å². The number of rotatable bonds is 5. The Kier molecular flexibility index (Phi) is 4.11. The van der Waals surface area contributed by atoms with Gasteiger partial charge in [0.1, 0.15) is 0 Å². The first-order valence-corrected chi connectivity index (χ1v) is 7.53. The lowest BCUT2D eigenvalue weighted by Gasteiger charge is -2.19. The lowest BCUT2D eigenvalue weighted by Crippen LogP contribution is -2.31. The standard InChI is InChI=1S/C16H22N4/c1-13(14-7-5-6-8-14)17-11-15-12-18-20(19-15)16-9-3-2-4-10-16/h2-4,9-10,12-14,17H,5-8,11H2,1H3/t13-/m0/s1. The Labute approximate surface area is 120 Å². The van der Waals surface area contributed by atoms with E-state index in [-0.39, 0.29) is 0 Å². The van der Waals surface area contributed by atoms with Gasteiger partial charge >= 0.3 is 0 Å². The second kappa shape index (κ2) is 6.18. The molecule has 1 atom stereocenters. The molecule has 0 radical (unpaired) electrons. The first-order valence-electron chi connectivity index (χ1n) is 7.53. The van der Waals surface area contributed by atoms with E-state index in [2.05, 4.69) is 22.4 Å². The molecule has 0 amide bonds. The van der Waals surface area contributed by atoms with E-state index in [1.165, 1.54) is 25.7 Å². The first-order chi connectivity index (χ1) is 9.83. The molecular formula is C16H22N4. The number of para-hydroxylation sites is 1. The minimum atomic E-state index is 0.569. The van der Waals surface area contributed by atoms with Gasteiger partial charge in [0, 0.05) is 12.6 Å². The summed E-state index contributed by atoms with van der Waals surface area (Å²) in [5.74, 6) is 0.833. The van der Waals surface area contributed by atoms with E-state index in [0.29, 0.717) is 6.04 Å². The fourth-order valence-electron chi connectivity index (χ4n) is 2.95. The van der Waals surface area contributed by atoms with Gasteiger partial charge < -0.3 is 5.32 Å². The maximum atomic E-state index is 4.52. The highest BCUT2D eigenvalue weighted by atomic mass is 15.5. The molecular weight excluding hydrogens is 248 g/mol. The van der Waals surface area contributed by atoms with E-state index in [9.17, 15) is 0 Å². The molecule has 1 aromatic heterocycles. The van der Waals surface area contributed by atoms with Crippen LogP contribution in [-0.2, 0) is 6.54 Å². The van der Waals surface area contributed by atoms with Crippen LogP contribution in [0.2, 0.25) is 0 Å². The number of benzene rings is 1. The summed E-state index contributed by atoms with van der Waals surface area (Å²) in [5.41, 5.74) is 2.00. The van der Waals surface area contributed by atoms with Crippen LogP contribution in [0, 0.1) is 5.92 Å². The number of nitrogens with one attached hydrogen (secondary N) is 1. The van der Waals surface area contributed by atoms with Crippen molar-refractivity contribution in [2.75, 3.05) is 0 Å². The van der Waals surface area contributed by atoms with E-state index in [1.807, 2.05) is 36.5 Å². The second-order valence-corrected chi connectivity index (χ2v) is 5.68. The molecule has 1 aliphatic carbocycles. The van der Waals surface area contributed by atoms with Gasteiger partial charge in [0.25, 0.3) is 0 Å². The summed E-state index contributed by atoms with van der Waals surface area (Å²) in [7, 11) is 0. The molecule has 0 spiro atoms. The summed E-state index contributed by atoms with van der Waals surface area (Å²) < 4.78 is 0. The maximum absolute atomic E-state index is 4.52. The summed E-state index contributed by atoms with van der Waals surface area (Å²) in [6.07, 6.45) is 7.36. The summed E-state index contributed by atoms with van der Waals surface area (Å²) in [5, 5.41) is 12.4. The predicted molar refractivity (Wildman–Crippen MR) is 79.6 cm³/mol. The lowest BCUT2D eigenvalue weighted by atomic mass is 10.00. The van der Waals surface area contributed by atoms with Crippen molar-refractivity contribution in [2.24, 2.45) is 5.92 Å². The van der Waals surface area contributed by atoms with Crippen LogP contribution < -0.4 is 5.32 Å². The van der Waals surface area contributed by atoms with Gasteiger partial charge in [-0.25, -0.2) is 0 Å². The van der Waals surface area contributed by atoms with Crippen molar-refractivity contribution in [1.29, 1.82) is 0 Å². The molecule has 1 aliphatic rings. The smallest absolute Gasteiger partial charge is 0.0969 e. The average Bonchev–Trinajstić information content (AvgIpc) is 3.17. The van der Waals surface area contributed by atoms with Crippen LogP contribution in [0.3, 0.4) is 0 Å². The molecule has 1 heterocycles. The zero-order chi connectivity index (χ0) is 13.8. The zero-order valence-electron chi connectivity index (χ0n) is 12.0. The molecule has 106 valence electrons. The van der Waals surface area contributed by atoms with Crippen molar-refractivity contribution in [1.82, 2.24) is 20.3 Å². The van der Waals surface area contributed by atoms with Crippen molar-refractivity contribution < 1.29 is 0 Å². The molecule has 3 rings (SSSR count). The van der Waals surface area contributed by atoms with Crippen molar-refractivity contribution in [3.05, 3.63) is 42.2 Å². The summed E-state index contributed by atoms with van der Waals surface area (Å²) >= 11 is 0. The molecule has 1 N–H and O–H groups in total. The normalized spacial score (nSPS) is 17.4. The molecule has 1 fully saturated rings. The Morgan fingerprint density at radius 2 is 2.00 bits per heavy atom. The van der Waals surface area contributed by atoms with E-state index >= 15 is 0 Å². The maximum Gasteiger partial charge on any atom is 0.0969 e. The monoisotopic (exact) mass is 270 g/mol. The third-order valence-electron chi connectivity index (χ3n) is 4.24. The van der Waals surface area contributed by atoms with Crippen LogP contribution in [0.15, 0.2) is 36.5 Å². The van der Waals surface area contributed by atoms with Gasteiger partial charge in [-0.3, -0.25) is 0 Å². The SMILES string of the molecule is C[C@H](NCc1cnn(-c2ccccc2)n1)C1CCCC1. The number of hydrogen-bond donors (Lipinski definition) is 1. The van der Waals surface area contributed by atoms with Crippen molar-refractivity contribution in [3.63, 3.8) is 0 Å². The van der Waals surface area contributed by atoms with E-state index in [0.717, 1.165) is 23.8 Å². The van der Waals surface area contributed by atoms with Crippen molar-refractivity contribution >= 4 is 0 Å². The van der Waals surface area contributed by atoms with Crippen molar-refractivity contribution in [2.45, 2.75) is 45.2 Å². The number of aromatic nitrogens is 3. The van der Waals surface area contributed by atoms with E-state index < -0.39 is 0 Å². The summed E-state index contributed by atoms with van der Waals surface area (Å²) in [6.45, 7) is 3.09. The Morgan fingerprint density at radius 1 is 1.25 bits per heavy atom. The van der Waals surface area contributed by atoms with Gasteiger partial charge in [-0.1, -0.05) is 31.0 Å². The molecule has 1 aromatic carbocycles. The molecule has 20 heavy (non-hydrogen) atoms. The highest BCUT2D eigenvalue weighted by Crippen LogP contribution is 2.27. The van der Waals surface area contributed by atoms with Gasteiger partial charge in [-0.05, 0) is 37.8 Å². The van der Waals surface area contributed by atoms with Crippen LogP contribution >= 0.6 is 0 Å². The highest BCUT2D eigenvalue weighted by Gasteiger charge is 2.21. The fourth-order valence-corrected chi connectivity index (χ4v) is 2.95. The molecule has 0 unspecified atom stereocenters. The van der Waals surface area contributed by atoms with Crippen molar-refractivity contribution in [3.8, 4) is 5.69 Å². The Balaban J connectivity index is 1.57. The van der Waals surface area contributed by atoms with E-state index in [1.54, 1.807) is 4.80 Å². The molecule has 4 nitrogen and oxygen atoms in total. The zero-order valence-corrected chi connectivity index (χ0v) is 12.0. The molecule has 2 aromatic rings. The van der Waals surface area contributed by atoms with Gasteiger partial charge in [0.05, 0.1) is 17.6 Å². The first kappa shape index (κ1) is 13.3. The lowest BCUT2D eigenvalue weighted by molar-refractivity contribution is 0.378. The average molecular weight is 270 g/mol. The fraction of sp³-hybridized carbons (Fsp3) is 0.500. The third-order valence-corrected chi connectivity index (χ3v) is 4.24. The molecule has 0 aliphatic heterocycles. The topological polar surface area (TPSA) is 42.7 Å². The van der Waals surface area contributed by atoms with Crippen LogP contribution in [0.1, 0.15) is 38.3 Å². The quantitative estimate of drug-likeness (QED) is 0.908. The Morgan fingerprint density at radius 3 is 2.75 bits per heavy atom. The third kappa shape index (κ3) is 3.07. The minimum absolute atomic E-state index is 0.569. The van der Waals surface area contributed by atoms with Gasteiger partial charge in [-0.2, -0.15) is 15.0 Å².